The van der Waals surface area contributed by atoms with Crippen molar-refractivity contribution in [2.45, 2.75) is 38.5 Å². The van der Waals surface area contributed by atoms with E-state index < -0.39 is 0 Å². The fraction of sp³-hybridized carbons (Fsp3) is 0.240. The second-order valence-electron chi connectivity index (χ2n) is 7.88. The first-order valence-corrected chi connectivity index (χ1v) is 10.2. The topological polar surface area (TPSA) is 45.5 Å². The van der Waals surface area contributed by atoms with Crippen molar-refractivity contribution < 1.29 is 9.90 Å². The first kappa shape index (κ1) is 18.0. The van der Waals surface area contributed by atoms with Crippen molar-refractivity contribution in [2.24, 2.45) is 0 Å². The van der Waals surface area contributed by atoms with E-state index in [9.17, 15) is 9.90 Å². The number of anilines is 1. The molecule has 1 amide bonds. The molecular formula is C25H24N2O2. The van der Waals surface area contributed by atoms with Crippen molar-refractivity contribution in [1.29, 1.82) is 0 Å². The van der Waals surface area contributed by atoms with Crippen LogP contribution in [0, 0.1) is 0 Å². The molecule has 29 heavy (non-hydrogen) atoms. The summed E-state index contributed by atoms with van der Waals surface area (Å²) in [6.07, 6.45) is 6.46. The minimum Gasteiger partial charge on any atom is -0.389 e. The molecule has 0 fully saturated rings. The molecule has 146 valence electrons. The minimum atomic E-state index is -0.357. The molecule has 1 atom stereocenters. The maximum absolute atomic E-state index is 13.4. The molecule has 0 spiro atoms. The molecule has 4 nitrogen and oxygen atoms in total. The summed E-state index contributed by atoms with van der Waals surface area (Å²) in [6, 6.07) is 20.1. The summed E-state index contributed by atoms with van der Waals surface area (Å²) < 4.78 is 2.20. The summed E-state index contributed by atoms with van der Waals surface area (Å²) in [5, 5.41) is 9.90. The lowest BCUT2D eigenvalue weighted by Gasteiger charge is -2.23. The molecule has 1 aliphatic heterocycles. The van der Waals surface area contributed by atoms with Crippen LogP contribution in [0.3, 0.4) is 0 Å². The molecule has 2 aromatic carbocycles. The van der Waals surface area contributed by atoms with Crippen LogP contribution in [0.15, 0.2) is 72.9 Å². The van der Waals surface area contributed by atoms with Gasteiger partial charge in [0.2, 0.25) is 0 Å². The Bertz CT molecular complexity index is 1080. The predicted octanol–water partition coefficient (Wildman–Crippen LogP) is 4.63. The van der Waals surface area contributed by atoms with Crippen LogP contribution in [0.1, 0.15) is 46.4 Å². The zero-order chi connectivity index (χ0) is 19.8. The van der Waals surface area contributed by atoms with Crippen molar-refractivity contribution in [3.8, 4) is 0 Å². The molecular weight excluding hydrogens is 360 g/mol. The van der Waals surface area contributed by atoms with E-state index in [1.54, 1.807) is 0 Å². The van der Waals surface area contributed by atoms with Gasteiger partial charge >= 0.3 is 0 Å². The molecule has 0 saturated carbocycles. The number of aromatic nitrogens is 1. The lowest BCUT2D eigenvalue weighted by atomic mass is 9.92. The number of carbonyl (C=O) groups is 1. The van der Waals surface area contributed by atoms with E-state index in [0.29, 0.717) is 12.1 Å². The highest BCUT2D eigenvalue weighted by Crippen LogP contribution is 2.30. The molecule has 1 aromatic heterocycles. The summed E-state index contributed by atoms with van der Waals surface area (Å²) in [4.78, 5) is 15.3. The van der Waals surface area contributed by atoms with Crippen molar-refractivity contribution in [3.63, 3.8) is 0 Å². The number of para-hydroxylation sites is 1. The standard InChI is InChI=1S/C25H24N2O2/c28-23-8-3-6-20(15-23)18-10-12-19(13-11-18)25(29)27-17-22-7-4-14-26(22)16-21-5-1-2-9-24(21)27/h1-2,4-5,7,9-15,23,28H,3,6,8,16-17H2. The van der Waals surface area contributed by atoms with E-state index in [0.717, 1.165) is 48.3 Å². The van der Waals surface area contributed by atoms with Gasteiger partial charge in [0.25, 0.3) is 5.91 Å². The van der Waals surface area contributed by atoms with Crippen LogP contribution in [-0.4, -0.2) is 21.7 Å². The van der Waals surface area contributed by atoms with E-state index in [-0.39, 0.29) is 12.0 Å². The van der Waals surface area contributed by atoms with E-state index in [4.69, 9.17) is 0 Å². The number of carbonyl (C=O) groups excluding carboxylic acids is 1. The number of allylic oxidation sites excluding steroid dienone is 1. The molecule has 1 aliphatic carbocycles. The fourth-order valence-corrected chi connectivity index (χ4v) is 4.39. The monoisotopic (exact) mass is 384 g/mol. The van der Waals surface area contributed by atoms with Crippen LogP contribution < -0.4 is 4.90 Å². The lowest BCUT2D eigenvalue weighted by Crippen LogP contribution is -2.30. The molecule has 0 saturated heterocycles. The molecule has 1 unspecified atom stereocenters. The Morgan fingerprint density at radius 1 is 0.966 bits per heavy atom. The summed E-state index contributed by atoms with van der Waals surface area (Å²) in [6.45, 7) is 1.33. The van der Waals surface area contributed by atoms with Crippen LogP contribution >= 0.6 is 0 Å². The number of nitrogens with zero attached hydrogens (tertiary/aromatic N) is 2. The second kappa shape index (κ2) is 7.37. The second-order valence-corrected chi connectivity index (χ2v) is 7.88. The normalized spacial score (nSPS) is 18.4. The summed E-state index contributed by atoms with van der Waals surface area (Å²) >= 11 is 0. The van der Waals surface area contributed by atoms with Gasteiger partial charge in [-0.1, -0.05) is 36.4 Å². The van der Waals surface area contributed by atoms with Crippen molar-refractivity contribution in [3.05, 3.63) is 95.3 Å². The largest absolute Gasteiger partial charge is 0.389 e. The van der Waals surface area contributed by atoms with Gasteiger partial charge in [-0.15, -0.1) is 0 Å². The van der Waals surface area contributed by atoms with Crippen LogP contribution in [0.2, 0.25) is 0 Å². The average Bonchev–Trinajstić information content (AvgIpc) is 3.12. The molecule has 4 heteroatoms. The summed E-state index contributed by atoms with van der Waals surface area (Å²) in [5.74, 6) is 0.0105. The molecule has 0 radical (unpaired) electrons. The van der Waals surface area contributed by atoms with Gasteiger partial charge < -0.3 is 14.6 Å². The highest BCUT2D eigenvalue weighted by Gasteiger charge is 2.24. The number of aliphatic hydroxyl groups is 1. The van der Waals surface area contributed by atoms with Crippen LogP contribution in [0.4, 0.5) is 5.69 Å². The van der Waals surface area contributed by atoms with E-state index in [2.05, 4.69) is 22.9 Å². The van der Waals surface area contributed by atoms with Gasteiger partial charge in [0, 0.05) is 29.7 Å². The first-order valence-electron chi connectivity index (χ1n) is 10.2. The van der Waals surface area contributed by atoms with Gasteiger partial charge in [-0.2, -0.15) is 0 Å². The van der Waals surface area contributed by atoms with Crippen LogP contribution in [0.25, 0.3) is 5.57 Å². The van der Waals surface area contributed by atoms with Crippen LogP contribution in [0.5, 0.6) is 0 Å². The predicted molar refractivity (Wildman–Crippen MR) is 115 cm³/mol. The van der Waals surface area contributed by atoms with Crippen molar-refractivity contribution in [1.82, 2.24) is 4.57 Å². The fourth-order valence-electron chi connectivity index (χ4n) is 4.39. The Morgan fingerprint density at radius 2 is 1.79 bits per heavy atom. The van der Waals surface area contributed by atoms with Gasteiger partial charge in [-0.25, -0.2) is 0 Å². The zero-order valence-corrected chi connectivity index (χ0v) is 16.3. The molecule has 1 N–H and O–H groups in total. The number of benzene rings is 2. The Hall–Kier alpha value is -3.11. The van der Waals surface area contributed by atoms with Gasteiger partial charge in [0.15, 0.2) is 0 Å². The number of hydrogen-bond donors (Lipinski definition) is 1. The highest BCUT2D eigenvalue weighted by atomic mass is 16.3. The highest BCUT2D eigenvalue weighted by molar-refractivity contribution is 6.06. The number of hydrogen-bond acceptors (Lipinski definition) is 2. The third-order valence-corrected chi connectivity index (χ3v) is 5.95. The Kier molecular flexibility index (Phi) is 4.57. The van der Waals surface area contributed by atoms with Crippen LogP contribution in [-0.2, 0) is 13.1 Å². The molecule has 5 rings (SSSR count). The van der Waals surface area contributed by atoms with E-state index in [1.807, 2.05) is 59.5 Å². The lowest BCUT2D eigenvalue weighted by molar-refractivity contribution is 0.0985. The van der Waals surface area contributed by atoms with Crippen molar-refractivity contribution >= 4 is 17.2 Å². The molecule has 2 heterocycles. The smallest absolute Gasteiger partial charge is 0.258 e. The number of aliphatic hydroxyl groups excluding tert-OH is 1. The first-order chi connectivity index (χ1) is 14.2. The molecule has 3 aromatic rings. The third-order valence-electron chi connectivity index (χ3n) is 5.95. The summed E-state index contributed by atoms with van der Waals surface area (Å²) in [5.41, 5.74) is 6.19. The Labute approximate surface area is 170 Å². The maximum atomic E-state index is 13.4. The number of amides is 1. The minimum absolute atomic E-state index is 0.0105. The molecule has 2 aliphatic rings. The van der Waals surface area contributed by atoms with E-state index in [1.165, 1.54) is 5.57 Å². The van der Waals surface area contributed by atoms with Gasteiger partial charge in [-0.3, -0.25) is 4.79 Å². The SMILES string of the molecule is O=C(c1ccc(C2=CC(O)CCC2)cc1)N1Cc2cccn2Cc2ccccc21. The average molecular weight is 384 g/mol. The van der Waals surface area contributed by atoms with Gasteiger partial charge in [-0.05, 0) is 66.3 Å². The Morgan fingerprint density at radius 3 is 2.62 bits per heavy atom. The van der Waals surface area contributed by atoms with Gasteiger partial charge in [0.05, 0.1) is 12.6 Å². The quantitative estimate of drug-likeness (QED) is 0.700. The molecule has 0 bridgehead atoms. The van der Waals surface area contributed by atoms with Gasteiger partial charge in [0.1, 0.15) is 0 Å². The van der Waals surface area contributed by atoms with Crippen molar-refractivity contribution in [2.75, 3.05) is 4.90 Å². The third kappa shape index (κ3) is 3.40. The summed E-state index contributed by atoms with van der Waals surface area (Å²) in [7, 11) is 0. The zero-order valence-electron chi connectivity index (χ0n) is 16.3. The number of rotatable bonds is 2. The number of fused-ring (bicyclic) bond motifs is 2. The Balaban J connectivity index is 1.47. The maximum Gasteiger partial charge on any atom is 0.258 e. The van der Waals surface area contributed by atoms with E-state index >= 15 is 0 Å².